The summed E-state index contributed by atoms with van der Waals surface area (Å²) in [4.78, 5) is 0. The molecule has 0 amide bonds. The number of hydrogen-bond donors (Lipinski definition) is 0. The first-order chi connectivity index (χ1) is 7.40. The summed E-state index contributed by atoms with van der Waals surface area (Å²) >= 11 is 0. The van der Waals surface area contributed by atoms with Crippen molar-refractivity contribution in [2.45, 2.75) is 6.61 Å². The first-order valence-electron chi connectivity index (χ1n) is 4.27. The van der Waals surface area contributed by atoms with E-state index in [-0.39, 0.29) is 12.5 Å². The van der Waals surface area contributed by atoms with E-state index in [4.69, 9.17) is 14.4 Å². The summed E-state index contributed by atoms with van der Waals surface area (Å²) in [7, 11) is 0. The van der Waals surface area contributed by atoms with Crippen molar-refractivity contribution < 1.29 is 9.15 Å². The molecular formula is C10H7N3O2. The van der Waals surface area contributed by atoms with Crippen LogP contribution in [0.5, 0.6) is 5.88 Å². The number of nitrogens with zero attached hydrogens (tertiary/aromatic N) is 3. The normalized spacial score (nSPS) is 9.53. The zero-order chi connectivity index (χ0) is 10.5. The standard InChI is InChI=1S/C10H7N3O2/c11-6-8-3-4-12-13-10(8)15-7-9-2-1-5-14-9/h1-5H,7H2. The van der Waals surface area contributed by atoms with Gasteiger partial charge in [0.1, 0.15) is 24.0 Å². The third kappa shape index (κ3) is 2.11. The Morgan fingerprint density at radius 1 is 1.47 bits per heavy atom. The molecule has 0 aliphatic rings. The Morgan fingerprint density at radius 3 is 3.13 bits per heavy atom. The monoisotopic (exact) mass is 201 g/mol. The second-order valence-corrected chi connectivity index (χ2v) is 2.73. The van der Waals surface area contributed by atoms with Gasteiger partial charge in [-0.15, -0.1) is 5.10 Å². The third-order valence-electron chi connectivity index (χ3n) is 1.74. The Hall–Kier alpha value is -2.35. The predicted molar refractivity (Wildman–Crippen MR) is 49.8 cm³/mol. The molecule has 0 spiro atoms. The summed E-state index contributed by atoms with van der Waals surface area (Å²) in [5.74, 6) is 0.890. The van der Waals surface area contributed by atoms with Gasteiger partial charge >= 0.3 is 0 Å². The zero-order valence-corrected chi connectivity index (χ0v) is 7.75. The molecule has 2 aromatic heterocycles. The summed E-state index contributed by atoms with van der Waals surface area (Å²) in [6.45, 7) is 0.236. The fourth-order valence-electron chi connectivity index (χ4n) is 1.04. The lowest BCUT2D eigenvalue weighted by Crippen LogP contribution is -1.99. The number of ether oxygens (including phenoxy) is 1. The molecule has 0 N–H and O–H groups in total. The van der Waals surface area contributed by atoms with Crippen LogP contribution >= 0.6 is 0 Å². The Balaban J connectivity index is 2.08. The minimum Gasteiger partial charge on any atom is -0.467 e. The third-order valence-corrected chi connectivity index (χ3v) is 1.74. The smallest absolute Gasteiger partial charge is 0.251 e. The van der Waals surface area contributed by atoms with E-state index in [1.54, 1.807) is 24.5 Å². The molecule has 15 heavy (non-hydrogen) atoms. The molecule has 0 radical (unpaired) electrons. The van der Waals surface area contributed by atoms with Gasteiger partial charge in [0.25, 0.3) is 5.88 Å². The molecule has 0 bridgehead atoms. The van der Waals surface area contributed by atoms with E-state index in [1.807, 2.05) is 6.07 Å². The second kappa shape index (κ2) is 4.24. The quantitative estimate of drug-likeness (QED) is 0.752. The van der Waals surface area contributed by atoms with Gasteiger partial charge in [0.15, 0.2) is 0 Å². The molecule has 2 heterocycles. The maximum absolute atomic E-state index is 8.75. The lowest BCUT2D eigenvalue weighted by molar-refractivity contribution is 0.257. The van der Waals surface area contributed by atoms with Gasteiger partial charge in [-0.1, -0.05) is 0 Å². The van der Waals surface area contributed by atoms with Crippen LogP contribution < -0.4 is 4.74 Å². The van der Waals surface area contributed by atoms with Gasteiger partial charge in [0, 0.05) is 0 Å². The van der Waals surface area contributed by atoms with E-state index in [2.05, 4.69) is 10.2 Å². The van der Waals surface area contributed by atoms with Crippen molar-refractivity contribution in [3.05, 3.63) is 42.0 Å². The van der Waals surface area contributed by atoms with Crippen LogP contribution in [0.25, 0.3) is 0 Å². The van der Waals surface area contributed by atoms with Crippen LogP contribution in [-0.4, -0.2) is 10.2 Å². The Bertz CT molecular complexity index is 474. The summed E-state index contributed by atoms with van der Waals surface area (Å²) in [6.07, 6.45) is 3.00. The van der Waals surface area contributed by atoms with Gasteiger partial charge in [-0.3, -0.25) is 0 Å². The molecule has 0 aromatic carbocycles. The molecule has 0 unspecified atom stereocenters. The van der Waals surface area contributed by atoms with Crippen LogP contribution in [0.15, 0.2) is 35.1 Å². The molecule has 0 fully saturated rings. The molecule has 5 nitrogen and oxygen atoms in total. The zero-order valence-electron chi connectivity index (χ0n) is 7.75. The summed E-state index contributed by atoms with van der Waals surface area (Å²) in [5, 5.41) is 16.1. The number of rotatable bonds is 3. The van der Waals surface area contributed by atoms with E-state index in [9.17, 15) is 0 Å². The van der Waals surface area contributed by atoms with Gasteiger partial charge in [-0.25, -0.2) is 0 Å². The van der Waals surface area contributed by atoms with Crippen molar-refractivity contribution in [3.63, 3.8) is 0 Å². The lowest BCUT2D eigenvalue weighted by Gasteiger charge is -2.02. The molecule has 2 rings (SSSR count). The number of hydrogen-bond acceptors (Lipinski definition) is 5. The number of aromatic nitrogens is 2. The van der Waals surface area contributed by atoms with Crippen molar-refractivity contribution >= 4 is 0 Å². The van der Waals surface area contributed by atoms with E-state index < -0.39 is 0 Å². The minimum absolute atomic E-state index is 0.219. The van der Waals surface area contributed by atoms with Crippen LogP contribution in [0.3, 0.4) is 0 Å². The van der Waals surface area contributed by atoms with E-state index in [0.29, 0.717) is 11.3 Å². The van der Waals surface area contributed by atoms with Gasteiger partial charge in [-0.05, 0) is 18.2 Å². The van der Waals surface area contributed by atoms with E-state index in [1.165, 1.54) is 6.20 Å². The Labute approximate surface area is 85.9 Å². The summed E-state index contributed by atoms with van der Waals surface area (Å²) in [5.41, 5.74) is 0.358. The lowest BCUT2D eigenvalue weighted by atomic mass is 10.3. The Kier molecular flexibility index (Phi) is 2.61. The maximum atomic E-state index is 8.75. The highest BCUT2D eigenvalue weighted by Gasteiger charge is 2.05. The van der Waals surface area contributed by atoms with Gasteiger partial charge in [-0.2, -0.15) is 10.4 Å². The topological polar surface area (TPSA) is 71.9 Å². The molecule has 2 aromatic rings. The van der Waals surface area contributed by atoms with Crippen LogP contribution in [-0.2, 0) is 6.61 Å². The van der Waals surface area contributed by atoms with Crippen molar-refractivity contribution in [3.8, 4) is 11.9 Å². The molecule has 0 saturated carbocycles. The molecule has 74 valence electrons. The predicted octanol–water partition coefficient (Wildman–Crippen LogP) is 1.52. The average molecular weight is 201 g/mol. The van der Waals surface area contributed by atoms with Crippen molar-refractivity contribution in [1.29, 1.82) is 5.26 Å². The first-order valence-corrected chi connectivity index (χ1v) is 4.27. The van der Waals surface area contributed by atoms with Gasteiger partial charge < -0.3 is 9.15 Å². The van der Waals surface area contributed by atoms with Crippen molar-refractivity contribution in [2.75, 3.05) is 0 Å². The second-order valence-electron chi connectivity index (χ2n) is 2.73. The SMILES string of the molecule is N#Cc1ccnnc1OCc1ccco1. The van der Waals surface area contributed by atoms with Crippen LogP contribution in [0, 0.1) is 11.3 Å². The van der Waals surface area contributed by atoms with Gasteiger partial charge in [0.05, 0.1) is 12.5 Å². The van der Waals surface area contributed by atoms with E-state index >= 15 is 0 Å². The molecule has 0 aliphatic carbocycles. The fraction of sp³-hybridized carbons (Fsp3) is 0.100. The highest BCUT2D eigenvalue weighted by Crippen LogP contribution is 2.13. The minimum atomic E-state index is 0.219. The summed E-state index contributed by atoms with van der Waals surface area (Å²) < 4.78 is 10.4. The maximum Gasteiger partial charge on any atom is 0.251 e. The number of nitriles is 1. The molecular weight excluding hydrogens is 194 g/mol. The van der Waals surface area contributed by atoms with Crippen LogP contribution in [0.1, 0.15) is 11.3 Å². The number of furan rings is 1. The molecule has 0 saturated heterocycles. The summed E-state index contributed by atoms with van der Waals surface area (Å²) in [6, 6.07) is 7.06. The highest BCUT2D eigenvalue weighted by atomic mass is 16.5. The van der Waals surface area contributed by atoms with Crippen LogP contribution in [0.4, 0.5) is 0 Å². The Morgan fingerprint density at radius 2 is 2.40 bits per heavy atom. The average Bonchev–Trinajstić information content (AvgIpc) is 2.79. The molecule has 0 aliphatic heterocycles. The van der Waals surface area contributed by atoms with E-state index in [0.717, 1.165) is 0 Å². The van der Waals surface area contributed by atoms with Crippen molar-refractivity contribution in [2.24, 2.45) is 0 Å². The fourth-order valence-corrected chi connectivity index (χ4v) is 1.04. The molecule has 0 atom stereocenters. The highest BCUT2D eigenvalue weighted by molar-refractivity contribution is 5.35. The van der Waals surface area contributed by atoms with Crippen LogP contribution in [0.2, 0.25) is 0 Å². The first kappa shape index (κ1) is 9.21. The van der Waals surface area contributed by atoms with Gasteiger partial charge in [0.2, 0.25) is 0 Å². The van der Waals surface area contributed by atoms with Crippen molar-refractivity contribution in [1.82, 2.24) is 10.2 Å². The molecule has 5 heteroatoms. The largest absolute Gasteiger partial charge is 0.467 e.